The van der Waals surface area contributed by atoms with E-state index in [1.54, 1.807) is 0 Å². The summed E-state index contributed by atoms with van der Waals surface area (Å²) in [5.41, 5.74) is 1.79. The van der Waals surface area contributed by atoms with Crippen LogP contribution in [0.1, 0.15) is 62.5 Å². The summed E-state index contributed by atoms with van der Waals surface area (Å²) >= 11 is 0. The fourth-order valence-corrected chi connectivity index (χ4v) is 4.40. The molecule has 2 nitrogen and oxygen atoms in total. The van der Waals surface area contributed by atoms with Crippen LogP contribution in [0.3, 0.4) is 0 Å². The lowest BCUT2D eigenvalue weighted by Crippen LogP contribution is -2.44. The molecule has 122 valence electrons. The topological polar surface area (TPSA) is 23.5 Å². The largest absolute Gasteiger partial charge is 0.385 e. The van der Waals surface area contributed by atoms with E-state index in [0.717, 1.165) is 24.9 Å². The molecule has 2 fully saturated rings. The van der Waals surface area contributed by atoms with Crippen molar-refractivity contribution in [3.05, 3.63) is 35.4 Å². The zero-order valence-corrected chi connectivity index (χ0v) is 14.1. The third-order valence-electron chi connectivity index (χ3n) is 5.73. The fourth-order valence-electron chi connectivity index (χ4n) is 4.40. The minimum Gasteiger partial charge on any atom is -0.385 e. The van der Waals surface area contributed by atoms with Crippen LogP contribution in [0, 0.1) is 12.8 Å². The quantitative estimate of drug-likeness (QED) is 0.902. The molecule has 2 aliphatic rings. The van der Waals surface area contributed by atoms with Gasteiger partial charge in [-0.1, -0.05) is 55.5 Å². The minimum absolute atomic E-state index is 0.390. The SMILES string of the molecule is Cc1cccc(C2(O)CCCCC2CN2CCCCCC2)c1. The molecule has 2 heteroatoms. The lowest BCUT2D eigenvalue weighted by atomic mass is 9.71. The second-order valence-electron chi connectivity index (χ2n) is 7.45. The second-order valence-corrected chi connectivity index (χ2v) is 7.45. The molecule has 0 spiro atoms. The van der Waals surface area contributed by atoms with Gasteiger partial charge in [0, 0.05) is 12.5 Å². The van der Waals surface area contributed by atoms with Gasteiger partial charge in [-0.05, 0) is 51.3 Å². The molecule has 2 atom stereocenters. The number of hydrogen-bond acceptors (Lipinski definition) is 2. The highest BCUT2D eigenvalue weighted by atomic mass is 16.3. The van der Waals surface area contributed by atoms with Gasteiger partial charge < -0.3 is 10.0 Å². The number of hydrogen-bond donors (Lipinski definition) is 1. The Morgan fingerprint density at radius 2 is 1.86 bits per heavy atom. The summed E-state index contributed by atoms with van der Waals surface area (Å²) in [5, 5.41) is 11.5. The molecule has 1 heterocycles. The van der Waals surface area contributed by atoms with Crippen LogP contribution in [0.2, 0.25) is 0 Å². The molecule has 1 aliphatic heterocycles. The van der Waals surface area contributed by atoms with Crippen molar-refractivity contribution in [2.75, 3.05) is 19.6 Å². The summed E-state index contributed by atoms with van der Waals surface area (Å²) in [6.07, 6.45) is 9.93. The molecule has 0 amide bonds. The van der Waals surface area contributed by atoms with Crippen LogP contribution in [0.15, 0.2) is 24.3 Å². The number of benzene rings is 1. The number of likely N-dealkylation sites (tertiary alicyclic amines) is 1. The Bertz CT molecular complexity index is 478. The molecule has 0 radical (unpaired) electrons. The van der Waals surface area contributed by atoms with Gasteiger partial charge in [0.25, 0.3) is 0 Å². The number of aryl methyl sites for hydroxylation is 1. The van der Waals surface area contributed by atoms with Gasteiger partial charge >= 0.3 is 0 Å². The Labute approximate surface area is 135 Å². The first-order chi connectivity index (χ1) is 10.7. The average Bonchev–Trinajstić information content (AvgIpc) is 2.78. The summed E-state index contributed by atoms with van der Waals surface area (Å²) in [6.45, 7) is 5.64. The molecule has 1 aromatic rings. The van der Waals surface area contributed by atoms with Crippen LogP contribution < -0.4 is 0 Å². The van der Waals surface area contributed by atoms with Gasteiger partial charge in [0.1, 0.15) is 0 Å². The number of aliphatic hydroxyl groups is 1. The zero-order chi connectivity index (χ0) is 15.4. The van der Waals surface area contributed by atoms with E-state index >= 15 is 0 Å². The van der Waals surface area contributed by atoms with Gasteiger partial charge in [0.05, 0.1) is 5.60 Å². The van der Waals surface area contributed by atoms with Crippen molar-refractivity contribution in [3.8, 4) is 0 Å². The third kappa shape index (κ3) is 3.55. The first-order valence-electron chi connectivity index (χ1n) is 9.20. The Morgan fingerprint density at radius 3 is 2.59 bits per heavy atom. The van der Waals surface area contributed by atoms with Gasteiger partial charge in [-0.15, -0.1) is 0 Å². The molecule has 22 heavy (non-hydrogen) atoms. The van der Waals surface area contributed by atoms with Crippen LogP contribution in [0.25, 0.3) is 0 Å². The van der Waals surface area contributed by atoms with Gasteiger partial charge in [0.2, 0.25) is 0 Å². The lowest BCUT2D eigenvalue weighted by Gasteiger charge is -2.43. The molecule has 1 aliphatic carbocycles. The number of nitrogens with zero attached hydrogens (tertiary/aromatic N) is 1. The first kappa shape index (κ1) is 16.0. The van der Waals surface area contributed by atoms with E-state index in [2.05, 4.69) is 36.1 Å². The molecule has 0 bridgehead atoms. The third-order valence-corrected chi connectivity index (χ3v) is 5.73. The predicted octanol–water partition coefficient (Wildman–Crippen LogP) is 4.25. The van der Waals surface area contributed by atoms with Crippen molar-refractivity contribution in [1.82, 2.24) is 4.90 Å². The Balaban J connectivity index is 1.77. The van der Waals surface area contributed by atoms with Crippen LogP contribution in [0.4, 0.5) is 0 Å². The maximum atomic E-state index is 11.5. The van der Waals surface area contributed by atoms with Gasteiger partial charge in [-0.2, -0.15) is 0 Å². The Hall–Kier alpha value is -0.860. The van der Waals surface area contributed by atoms with Crippen LogP contribution in [-0.4, -0.2) is 29.6 Å². The molecule has 1 aromatic carbocycles. The van der Waals surface area contributed by atoms with E-state index in [-0.39, 0.29) is 0 Å². The highest BCUT2D eigenvalue weighted by Gasteiger charge is 2.41. The first-order valence-corrected chi connectivity index (χ1v) is 9.20. The van der Waals surface area contributed by atoms with Crippen LogP contribution in [0.5, 0.6) is 0 Å². The lowest BCUT2D eigenvalue weighted by molar-refractivity contribution is -0.0654. The van der Waals surface area contributed by atoms with E-state index < -0.39 is 5.60 Å². The number of rotatable bonds is 3. The molecule has 1 saturated carbocycles. The molecule has 2 unspecified atom stereocenters. The van der Waals surface area contributed by atoms with Crippen molar-refractivity contribution in [2.45, 2.75) is 63.9 Å². The zero-order valence-electron chi connectivity index (χ0n) is 14.1. The molecule has 3 rings (SSSR count). The fraction of sp³-hybridized carbons (Fsp3) is 0.700. The monoisotopic (exact) mass is 301 g/mol. The van der Waals surface area contributed by atoms with Crippen LogP contribution >= 0.6 is 0 Å². The standard InChI is InChI=1S/C20H31NO/c1-17-9-8-11-18(15-17)20(22)12-5-4-10-19(20)16-21-13-6-2-3-7-14-21/h8-9,11,15,19,22H,2-7,10,12-14,16H2,1H3. The second kappa shape index (κ2) is 7.14. The van der Waals surface area contributed by atoms with E-state index in [1.165, 1.54) is 57.2 Å². The summed E-state index contributed by atoms with van der Waals surface area (Å²) in [4.78, 5) is 2.61. The van der Waals surface area contributed by atoms with E-state index in [0.29, 0.717) is 5.92 Å². The molecule has 1 N–H and O–H groups in total. The normalized spacial score (nSPS) is 30.9. The van der Waals surface area contributed by atoms with Crippen LogP contribution in [-0.2, 0) is 5.60 Å². The highest BCUT2D eigenvalue weighted by molar-refractivity contribution is 5.28. The van der Waals surface area contributed by atoms with Crippen molar-refractivity contribution in [1.29, 1.82) is 0 Å². The molecule has 1 saturated heterocycles. The maximum absolute atomic E-state index is 11.5. The van der Waals surface area contributed by atoms with Gasteiger partial charge in [-0.25, -0.2) is 0 Å². The summed E-state index contributed by atoms with van der Waals surface area (Å²) < 4.78 is 0. The van der Waals surface area contributed by atoms with Gasteiger partial charge in [0.15, 0.2) is 0 Å². The maximum Gasteiger partial charge on any atom is 0.0936 e. The van der Waals surface area contributed by atoms with Crippen molar-refractivity contribution in [2.24, 2.45) is 5.92 Å². The van der Waals surface area contributed by atoms with E-state index in [1.807, 2.05) is 0 Å². The van der Waals surface area contributed by atoms with E-state index in [4.69, 9.17) is 0 Å². The average molecular weight is 301 g/mol. The molecular formula is C20H31NO. The molecule has 0 aromatic heterocycles. The Kier molecular flexibility index (Phi) is 5.20. The van der Waals surface area contributed by atoms with Crippen molar-refractivity contribution in [3.63, 3.8) is 0 Å². The molecular weight excluding hydrogens is 270 g/mol. The van der Waals surface area contributed by atoms with Gasteiger partial charge in [-0.3, -0.25) is 0 Å². The van der Waals surface area contributed by atoms with E-state index in [9.17, 15) is 5.11 Å². The summed E-state index contributed by atoms with van der Waals surface area (Å²) in [6, 6.07) is 8.55. The highest BCUT2D eigenvalue weighted by Crippen LogP contribution is 2.42. The smallest absolute Gasteiger partial charge is 0.0936 e. The Morgan fingerprint density at radius 1 is 1.09 bits per heavy atom. The summed E-state index contributed by atoms with van der Waals surface area (Å²) in [5.74, 6) is 0.390. The predicted molar refractivity (Wildman–Crippen MR) is 91.9 cm³/mol. The van der Waals surface area contributed by atoms with Crippen molar-refractivity contribution >= 4 is 0 Å². The summed E-state index contributed by atoms with van der Waals surface area (Å²) in [7, 11) is 0. The van der Waals surface area contributed by atoms with Crippen molar-refractivity contribution < 1.29 is 5.11 Å². The minimum atomic E-state index is -0.615.